The Bertz CT molecular complexity index is 118. The average molecular weight is 141 g/mol. The number of nitrogens with zero attached hydrogens (tertiary/aromatic N) is 1. The van der Waals surface area contributed by atoms with E-state index in [2.05, 4.69) is 32.7 Å². The molecular formula is C9H19N+. The molecule has 0 spiro atoms. The van der Waals surface area contributed by atoms with Gasteiger partial charge in [0, 0.05) is 12.8 Å². The fourth-order valence-corrected chi connectivity index (χ4v) is 1.80. The molecule has 1 atom stereocenters. The summed E-state index contributed by atoms with van der Waals surface area (Å²) in [5.41, 5.74) is 0.442. The Labute approximate surface area is 64.4 Å². The van der Waals surface area contributed by atoms with E-state index in [1.54, 1.807) is 0 Å². The summed E-state index contributed by atoms with van der Waals surface area (Å²) in [6.07, 6.45) is 4.13. The lowest BCUT2D eigenvalue weighted by atomic mass is 9.88. The molecule has 1 fully saturated rings. The van der Waals surface area contributed by atoms with Crippen LogP contribution in [-0.4, -0.2) is 18.6 Å². The third kappa shape index (κ3) is 1.34. The first kappa shape index (κ1) is 8.06. The van der Waals surface area contributed by atoms with Crippen molar-refractivity contribution in [3.05, 3.63) is 0 Å². The summed E-state index contributed by atoms with van der Waals surface area (Å²) in [4.78, 5) is 2.50. The van der Waals surface area contributed by atoms with Crippen LogP contribution in [0.3, 0.4) is 0 Å². The van der Waals surface area contributed by atoms with Gasteiger partial charge in [0.1, 0.15) is 18.6 Å². The van der Waals surface area contributed by atoms with Crippen molar-refractivity contribution < 1.29 is 0 Å². The van der Waals surface area contributed by atoms with Crippen LogP contribution in [-0.2, 0) is 0 Å². The molecule has 0 aromatic carbocycles. The van der Waals surface area contributed by atoms with Crippen molar-refractivity contribution in [2.24, 2.45) is 0 Å². The second-order valence-corrected chi connectivity index (χ2v) is 4.16. The Hall–Kier alpha value is -0.0400. The van der Waals surface area contributed by atoms with E-state index in [0.717, 1.165) is 6.04 Å². The van der Waals surface area contributed by atoms with E-state index < -0.39 is 0 Å². The minimum Gasteiger partial charge on any atom is -0.166 e. The van der Waals surface area contributed by atoms with Gasteiger partial charge >= 0.3 is 0 Å². The summed E-state index contributed by atoms with van der Waals surface area (Å²) in [5.74, 6) is 0. The highest BCUT2D eigenvalue weighted by molar-refractivity contribution is 4.91. The monoisotopic (exact) mass is 141 g/mol. The van der Waals surface area contributed by atoms with Crippen molar-refractivity contribution >= 4 is 0 Å². The molecule has 1 aliphatic rings. The Kier molecular flexibility index (Phi) is 2.04. The summed E-state index contributed by atoms with van der Waals surface area (Å²) < 4.78 is 0. The van der Waals surface area contributed by atoms with Crippen LogP contribution in [0, 0.1) is 0 Å². The van der Waals surface area contributed by atoms with E-state index >= 15 is 0 Å². The molecule has 0 aromatic rings. The summed E-state index contributed by atoms with van der Waals surface area (Å²) in [6.45, 7) is 6.99. The molecule has 1 nitrogen and oxygen atoms in total. The molecule has 0 N–H and O–H groups in total. The highest BCUT2D eigenvalue weighted by Crippen LogP contribution is 2.27. The molecular weight excluding hydrogens is 122 g/mol. The van der Waals surface area contributed by atoms with E-state index in [0.29, 0.717) is 5.54 Å². The third-order valence-corrected chi connectivity index (χ3v) is 3.03. The lowest BCUT2D eigenvalue weighted by Gasteiger charge is -2.34. The minimum atomic E-state index is 0.442. The molecule has 0 aliphatic carbocycles. The fraction of sp³-hybridized carbons (Fsp3) is 1.00. The predicted molar refractivity (Wildman–Crippen MR) is 45.5 cm³/mol. The van der Waals surface area contributed by atoms with Crippen molar-refractivity contribution in [1.29, 1.82) is 0 Å². The fourth-order valence-electron chi connectivity index (χ4n) is 1.80. The van der Waals surface area contributed by atoms with Crippen LogP contribution in [0.2, 0.25) is 0 Å². The predicted octanol–water partition coefficient (Wildman–Crippen LogP) is 2.11. The summed E-state index contributed by atoms with van der Waals surface area (Å²) in [7, 11) is 2.24. The number of hydrogen-bond acceptors (Lipinski definition) is 1. The minimum absolute atomic E-state index is 0.442. The number of likely N-dealkylation sites (tertiary alicyclic amines) is 1. The summed E-state index contributed by atoms with van der Waals surface area (Å²) >= 11 is 0. The molecule has 0 saturated carbocycles. The van der Waals surface area contributed by atoms with Gasteiger partial charge in [-0.1, -0.05) is 0 Å². The Morgan fingerprint density at radius 1 is 1.40 bits per heavy atom. The van der Waals surface area contributed by atoms with Gasteiger partial charge < -0.3 is 0 Å². The molecule has 1 heterocycles. The molecule has 1 radical (unpaired) electrons. The van der Waals surface area contributed by atoms with Gasteiger partial charge in [0.25, 0.3) is 0 Å². The second-order valence-electron chi connectivity index (χ2n) is 4.16. The zero-order chi connectivity index (χ0) is 7.78. The Morgan fingerprint density at radius 3 is 2.40 bits per heavy atom. The van der Waals surface area contributed by atoms with Gasteiger partial charge in [-0.3, -0.25) is 0 Å². The number of piperidine rings is 1. The molecule has 1 saturated heterocycles. The van der Waals surface area contributed by atoms with Crippen LogP contribution in [0.5, 0.6) is 0 Å². The molecule has 0 amide bonds. The molecule has 1 unspecified atom stereocenters. The zero-order valence-electron chi connectivity index (χ0n) is 7.65. The van der Waals surface area contributed by atoms with E-state index in [4.69, 9.17) is 0 Å². The van der Waals surface area contributed by atoms with E-state index in [-0.39, 0.29) is 0 Å². The molecule has 0 aromatic heterocycles. The Morgan fingerprint density at radius 2 is 2.00 bits per heavy atom. The van der Waals surface area contributed by atoms with Gasteiger partial charge in [0.15, 0.2) is 0 Å². The van der Waals surface area contributed by atoms with Crippen LogP contribution in [0.4, 0.5) is 0 Å². The maximum Gasteiger partial charge on any atom is 0.137 e. The summed E-state index contributed by atoms with van der Waals surface area (Å²) in [5, 5.41) is 0. The average Bonchev–Trinajstić information content (AvgIpc) is 1.83. The lowest BCUT2D eigenvalue weighted by Crippen LogP contribution is -2.53. The van der Waals surface area contributed by atoms with Crippen LogP contribution in [0.1, 0.15) is 40.0 Å². The van der Waals surface area contributed by atoms with Crippen molar-refractivity contribution in [3.8, 4) is 0 Å². The molecule has 10 heavy (non-hydrogen) atoms. The zero-order valence-corrected chi connectivity index (χ0v) is 7.65. The highest BCUT2D eigenvalue weighted by Gasteiger charge is 2.39. The topological polar surface area (TPSA) is 5.90 Å². The SMILES string of the molecule is CC1CCCC(C)(C)[N+]1C. The summed E-state index contributed by atoms with van der Waals surface area (Å²) in [6, 6.07) is 0.781. The van der Waals surface area contributed by atoms with Crippen LogP contribution in [0.25, 0.3) is 0 Å². The standard InChI is InChI=1S/C9H19N/c1-8-6-5-7-9(2,3)10(8)4/h8H,5-7H2,1-4H3/q+1. The normalized spacial score (nSPS) is 34.2. The van der Waals surface area contributed by atoms with Gasteiger partial charge in [0.2, 0.25) is 0 Å². The maximum absolute atomic E-state index is 2.50. The van der Waals surface area contributed by atoms with Crippen molar-refractivity contribution in [2.75, 3.05) is 7.05 Å². The van der Waals surface area contributed by atoms with Gasteiger partial charge in [0.05, 0.1) is 0 Å². The van der Waals surface area contributed by atoms with Crippen LogP contribution < -0.4 is 4.90 Å². The first-order valence-electron chi connectivity index (χ1n) is 4.27. The van der Waals surface area contributed by atoms with Gasteiger partial charge in [-0.15, -0.1) is 0 Å². The number of hydrogen-bond donors (Lipinski definition) is 0. The van der Waals surface area contributed by atoms with Crippen molar-refractivity contribution in [1.82, 2.24) is 4.90 Å². The molecule has 0 bridgehead atoms. The van der Waals surface area contributed by atoms with Crippen molar-refractivity contribution in [2.45, 2.75) is 51.6 Å². The molecule has 59 valence electrons. The molecule has 1 aliphatic heterocycles. The smallest absolute Gasteiger partial charge is 0.137 e. The quantitative estimate of drug-likeness (QED) is 0.456. The number of rotatable bonds is 0. The van der Waals surface area contributed by atoms with Gasteiger partial charge in [-0.2, -0.15) is 4.90 Å². The van der Waals surface area contributed by atoms with E-state index in [9.17, 15) is 0 Å². The molecule has 1 rings (SSSR count). The highest BCUT2D eigenvalue weighted by atomic mass is 15.2. The van der Waals surface area contributed by atoms with Gasteiger partial charge in [-0.25, -0.2) is 0 Å². The van der Waals surface area contributed by atoms with Crippen LogP contribution in [0.15, 0.2) is 0 Å². The third-order valence-electron chi connectivity index (χ3n) is 3.03. The largest absolute Gasteiger partial charge is 0.166 e. The maximum atomic E-state index is 2.50. The van der Waals surface area contributed by atoms with Crippen LogP contribution >= 0.6 is 0 Å². The second kappa shape index (κ2) is 2.54. The molecule has 1 heteroatoms. The lowest BCUT2D eigenvalue weighted by molar-refractivity contribution is 0.151. The van der Waals surface area contributed by atoms with Crippen molar-refractivity contribution in [3.63, 3.8) is 0 Å². The first-order chi connectivity index (χ1) is 4.54. The van der Waals surface area contributed by atoms with E-state index in [1.807, 2.05) is 0 Å². The van der Waals surface area contributed by atoms with E-state index in [1.165, 1.54) is 19.3 Å². The van der Waals surface area contributed by atoms with Gasteiger partial charge in [-0.05, 0) is 27.2 Å². The first-order valence-corrected chi connectivity index (χ1v) is 4.27. The Balaban J connectivity index is 2.60.